The summed E-state index contributed by atoms with van der Waals surface area (Å²) in [4.78, 5) is 2.12. The molecule has 0 spiro atoms. The highest BCUT2D eigenvalue weighted by molar-refractivity contribution is 7.26. The van der Waals surface area contributed by atoms with Crippen LogP contribution in [0.15, 0.2) is 182 Å². The van der Waals surface area contributed by atoms with Crippen molar-refractivity contribution in [2.75, 3.05) is 4.90 Å². The third-order valence-electron chi connectivity index (χ3n) is 9.33. The van der Waals surface area contributed by atoms with Crippen LogP contribution >= 0.6 is 11.3 Å². The van der Waals surface area contributed by atoms with E-state index in [4.69, 9.17) is 0 Å². The number of anilines is 3. The topological polar surface area (TPSA) is 3.24 Å². The minimum Gasteiger partial charge on any atom is -0.306 e. The van der Waals surface area contributed by atoms with Crippen molar-refractivity contribution in [2.45, 2.75) is 0 Å². The van der Waals surface area contributed by atoms with Gasteiger partial charge in [0.2, 0.25) is 0 Å². The monoisotopic (exact) mass is 647 g/mol. The van der Waals surface area contributed by atoms with Crippen LogP contribution in [-0.2, 0) is 0 Å². The van der Waals surface area contributed by atoms with Gasteiger partial charge in [-0.05, 0) is 75.0 Å². The molecule has 0 bridgehead atoms. The van der Waals surface area contributed by atoms with Gasteiger partial charge in [0.05, 0.1) is 16.1 Å². The third-order valence-corrected chi connectivity index (χ3v) is 10.5. The first kappa shape index (κ1) is 29.1. The lowest BCUT2D eigenvalue weighted by Crippen LogP contribution is -2.13. The number of hydrogen-bond donors (Lipinski definition) is 0. The van der Waals surface area contributed by atoms with Crippen molar-refractivity contribution < 1.29 is 4.39 Å². The molecule has 3 heteroatoms. The Morgan fingerprint density at radius 3 is 1.84 bits per heavy atom. The van der Waals surface area contributed by atoms with Gasteiger partial charge in [0.1, 0.15) is 5.82 Å². The average molecular weight is 648 g/mol. The smallest absolute Gasteiger partial charge is 0.148 e. The molecular formula is C46H30FNS. The van der Waals surface area contributed by atoms with E-state index in [0.717, 1.165) is 49.3 Å². The molecule has 0 aliphatic carbocycles. The molecule has 0 amide bonds. The van der Waals surface area contributed by atoms with Gasteiger partial charge in [-0.15, -0.1) is 11.3 Å². The Morgan fingerprint density at radius 1 is 0.429 bits per heavy atom. The SMILES string of the molecule is Fc1cc(-c2ccccc2)cc(-c2ccccc2)c1N(c1ccc(-c2cccc3ccccc23)cc1)c1cccc2c1sc1ccccc12. The molecule has 0 unspecified atom stereocenters. The fourth-order valence-corrected chi connectivity index (χ4v) is 8.23. The van der Waals surface area contributed by atoms with Crippen LogP contribution < -0.4 is 4.90 Å². The molecule has 0 fully saturated rings. The summed E-state index contributed by atoms with van der Waals surface area (Å²) in [5.74, 6) is -0.281. The quantitative estimate of drug-likeness (QED) is 0.174. The number of benzene rings is 8. The van der Waals surface area contributed by atoms with E-state index in [9.17, 15) is 0 Å². The average Bonchev–Trinajstić information content (AvgIpc) is 3.56. The van der Waals surface area contributed by atoms with Gasteiger partial charge in [0.25, 0.3) is 0 Å². The first-order chi connectivity index (χ1) is 24.2. The number of rotatable bonds is 6. The molecule has 9 aromatic rings. The Balaban J connectivity index is 1.31. The molecule has 9 rings (SSSR count). The minimum absolute atomic E-state index is 0.281. The van der Waals surface area contributed by atoms with E-state index in [1.165, 1.54) is 26.4 Å². The van der Waals surface area contributed by atoms with Crippen molar-refractivity contribution in [3.8, 4) is 33.4 Å². The van der Waals surface area contributed by atoms with Crippen LogP contribution in [0.2, 0.25) is 0 Å². The maximum Gasteiger partial charge on any atom is 0.148 e. The Labute approximate surface area is 288 Å². The van der Waals surface area contributed by atoms with E-state index >= 15 is 4.39 Å². The Bertz CT molecular complexity index is 2600. The molecule has 8 aromatic carbocycles. The predicted molar refractivity (Wildman–Crippen MR) is 208 cm³/mol. The second kappa shape index (κ2) is 12.2. The summed E-state index contributed by atoms with van der Waals surface area (Å²) in [6, 6.07) is 62.4. The van der Waals surface area contributed by atoms with Gasteiger partial charge in [-0.2, -0.15) is 0 Å². The maximum atomic E-state index is 17.2. The van der Waals surface area contributed by atoms with Crippen molar-refractivity contribution in [3.05, 3.63) is 188 Å². The molecule has 0 aliphatic rings. The Hall–Kier alpha value is -6.03. The number of halogens is 1. The summed E-state index contributed by atoms with van der Waals surface area (Å²) in [7, 11) is 0. The predicted octanol–water partition coefficient (Wildman–Crippen LogP) is 13.8. The number of fused-ring (bicyclic) bond motifs is 4. The summed E-state index contributed by atoms with van der Waals surface area (Å²) in [5, 5.41) is 4.78. The normalized spacial score (nSPS) is 11.4. The van der Waals surface area contributed by atoms with Crippen molar-refractivity contribution >= 4 is 59.3 Å². The number of thiophene rings is 1. The lowest BCUT2D eigenvalue weighted by atomic mass is 9.95. The highest BCUT2D eigenvalue weighted by Crippen LogP contribution is 2.49. The van der Waals surface area contributed by atoms with Gasteiger partial charge in [0, 0.05) is 26.7 Å². The van der Waals surface area contributed by atoms with Crippen LogP contribution in [0, 0.1) is 5.82 Å². The van der Waals surface area contributed by atoms with E-state index in [-0.39, 0.29) is 5.82 Å². The molecule has 0 saturated heterocycles. The second-order valence-corrected chi connectivity index (χ2v) is 13.3. The first-order valence-corrected chi connectivity index (χ1v) is 17.3. The van der Waals surface area contributed by atoms with Crippen LogP contribution in [0.1, 0.15) is 0 Å². The van der Waals surface area contributed by atoms with Gasteiger partial charge in [-0.1, -0.05) is 146 Å². The minimum atomic E-state index is -0.281. The van der Waals surface area contributed by atoms with Gasteiger partial charge in [-0.25, -0.2) is 4.39 Å². The lowest BCUT2D eigenvalue weighted by molar-refractivity contribution is 0.630. The molecule has 1 aromatic heterocycles. The van der Waals surface area contributed by atoms with E-state index in [1.807, 2.05) is 48.5 Å². The zero-order valence-corrected chi connectivity index (χ0v) is 27.4. The van der Waals surface area contributed by atoms with Crippen molar-refractivity contribution in [2.24, 2.45) is 0 Å². The first-order valence-electron chi connectivity index (χ1n) is 16.5. The summed E-state index contributed by atoms with van der Waals surface area (Å²) in [6.07, 6.45) is 0. The largest absolute Gasteiger partial charge is 0.306 e. The Kier molecular flexibility index (Phi) is 7.26. The summed E-state index contributed by atoms with van der Waals surface area (Å²) in [5.41, 5.74) is 8.24. The van der Waals surface area contributed by atoms with Crippen molar-refractivity contribution in [3.63, 3.8) is 0 Å². The molecule has 0 N–H and O–H groups in total. The van der Waals surface area contributed by atoms with Gasteiger partial charge < -0.3 is 4.90 Å². The van der Waals surface area contributed by atoms with Crippen LogP contribution in [-0.4, -0.2) is 0 Å². The lowest BCUT2D eigenvalue weighted by Gasteiger charge is -2.29. The van der Waals surface area contributed by atoms with E-state index in [2.05, 4.69) is 132 Å². The van der Waals surface area contributed by atoms with Crippen molar-refractivity contribution in [1.29, 1.82) is 0 Å². The highest BCUT2D eigenvalue weighted by atomic mass is 32.1. The van der Waals surface area contributed by atoms with Crippen LogP contribution in [0.25, 0.3) is 64.3 Å². The summed E-state index contributed by atoms with van der Waals surface area (Å²) in [6.45, 7) is 0. The zero-order valence-electron chi connectivity index (χ0n) is 26.6. The Morgan fingerprint density at radius 2 is 1.04 bits per heavy atom. The van der Waals surface area contributed by atoms with E-state index in [0.29, 0.717) is 5.69 Å². The summed E-state index contributed by atoms with van der Waals surface area (Å²) < 4.78 is 19.5. The molecule has 0 saturated carbocycles. The molecule has 232 valence electrons. The summed E-state index contributed by atoms with van der Waals surface area (Å²) >= 11 is 1.75. The van der Waals surface area contributed by atoms with Gasteiger partial charge in [0.15, 0.2) is 0 Å². The van der Waals surface area contributed by atoms with Crippen LogP contribution in [0.3, 0.4) is 0 Å². The third kappa shape index (κ3) is 5.16. The second-order valence-electron chi connectivity index (χ2n) is 12.2. The molecule has 0 radical (unpaired) electrons. The molecule has 49 heavy (non-hydrogen) atoms. The molecular weight excluding hydrogens is 618 g/mol. The van der Waals surface area contributed by atoms with E-state index < -0.39 is 0 Å². The van der Waals surface area contributed by atoms with E-state index in [1.54, 1.807) is 17.4 Å². The molecule has 0 aliphatic heterocycles. The van der Waals surface area contributed by atoms with Crippen LogP contribution in [0.4, 0.5) is 21.5 Å². The van der Waals surface area contributed by atoms with Crippen LogP contribution in [0.5, 0.6) is 0 Å². The molecule has 1 heterocycles. The standard InChI is InChI=1S/C46H30FNS/c47-42-30-35(31-13-3-1-4-14-31)29-41(33-15-5-2-6-16-33)45(42)48(43-23-12-22-40-39-20-9-10-24-44(39)49-46(40)43)36-27-25-34(26-28-36)38-21-11-18-32-17-7-8-19-37(32)38/h1-30H. The highest BCUT2D eigenvalue weighted by Gasteiger charge is 2.25. The van der Waals surface area contributed by atoms with Gasteiger partial charge >= 0.3 is 0 Å². The number of hydrogen-bond acceptors (Lipinski definition) is 2. The van der Waals surface area contributed by atoms with Crippen molar-refractivity contribution in [1.82, 2.24) is 0 Å². The van der Waals surface area contributed by atoms with Gasteiger partial charge in [-0.3, -0.25) is 0 Å². The maximum absolute atomic E-state index is 17.2. The molecule has 1 nitrogen and oxygen atoms in total. The fraction of sp³-hybridized carbons (Fsp3) is 0. The zero-order chi connectivity index (χ0) is 32.7. The number of nitrogens with zero attached hydrogens (tertiary/aromatic N) is 1. The molecule has 0 atom stereocenters. The fourth-order valence-electron chi connectivity index (χ4n) is 7.03.